The second-order valence-corrected chi connectivity index (χ2v) is 11.5. The maximum atomic E-state index is 11.6. The van der Waals surface area contributed by atoms with E-state index in [-0.39, 0.29) is 47.4 Å². The number of hydrogen-bond acceptors (Lipinski definition) is 5. The van der Waals surface area contributed by atoms with Gasteiger partial charge in [-0.3, -0.25) is 19.4 Å². The van der Waals surface area contributed by atoms with Gasteiger partial charge in [0.05, 0.1) is 6.54 Å². The first-order chi connectivity index (χ1) is 18.5. The van der Waals surface area contributed by atoms with E-state index in [1.165, 1.54) is 58.3 Å². The molecule has 4 aliphatic rings. The third-order valence-electron chi connectivity index (χ3n) is 9.00. The van der Waals surface area contributed by atoms with E-state index in [1.54, 1.807) is 6.92 Å². The maximum Gasteiger partial charge on any atom is 1.00 e. The summed E-state index contributed by atoms with van der Waals surface area (Å²) >= 11 is 0. The fraction of sp³-hybridized carbons (Fsp3) is 0.419. The molecule has 0 radical (unpaired) electrons. The molecule has 0 aliphatic carbocycles. The molecule has 4 aliphatic heterocycles. The van der Waals surface area contributed by atoms with Gasteiger partial charge in [-0.05, 0) is 56.1 Å². The van der Waals surface area contributed by atoms with Gasteiger partial charge in [0.25, 0.3) is 0 Å². The van der Waals surface area contributed by atoms with Crippen molar-refractivity contribution in [2.24, 2.45) is 0 Å². The standard InChI is InChI=1S/C16H18N2O.C15H16N2O2.Na.H2O/c1-11(19)8-18-15-5-3-2-4-13(15)14-10-17-7-6-12(9-17)16(14)18;18-14(19)9-17-13-4-2-1-3-11(13)12-8-16-6-5-10(7-16)15(12)17;;/h2-5,12H,6-10H2,1H3;1-4,10H,5-9H2,(H,18,19);;1H2/q;;+1;/p-1. The van der Waals surface area contributed by atoms with Gasteiger partial charge in [-0.2, -0.15) is 0 Å². The Morgan fingerprint density at radius 3 is 1.68 bits per heavy atom. The topological polar surface area (TPSA) is 101 Å². The molecular weight excluding hydrogens is 515 g/mol. The monoisotopic (exact) mass is 550 g/mol. The number of carbonyl (C=O) groups is 2. The predicted octanol–water partition coefficient (Wildman–Crippen LogP) is 1.39. The molecule has 4 bridgehead atoms. The summed E-state index contributed by atoms with van der Waals surface area (Å²) in [5, 5.41) is 11.8. The van der Waals surface area contributed by atoms with Gasteiger partial charge in [-0.1, -0.05) is 36.4 Å². The SMILES string of the molecule is CC(=O)Cn1c2c(c3ccccc31)CN1CCC2C1.O=C(O)Cn1c2c(c3ccccc31)CN1CCC2C1.[Na+].[OH-]. The normalized spacial score (nSPS) is 23.4. The van der Waals surface area contributed by atoms with Gasteiger partial charge in [-0.25, -0.2) is 0 Å². The number of nitrogens with zero attached hydrogens (tertiary/aromatic N) is 4. The first kappa shape index (κ1) is 29.0. The summed E-state index contributed by atoms with van der Waals surface area (Å²) in [7, 11) is 0. The van der Waals surface area contributed by atoms with E-state index in [2.05, 4.69) is 44.7 Å². The zero-order chi connectivity index (χ0) is 26.0. The Bertz CT molecular complexity index is 1470. The molecule has 2 fully saturated rings. The van der Waals surface area contributed by atoms with Crippen LogP contribution in [0.1, 0.15) is 54.1 Å². The molecule has 8 nitrogen and oxygen atoms in total. The molecule has 0 spiro atoms. The fourth-order valence-electron chi connectivity index (χ4n) is 7.60. The molecular formula is C31H35N4NaO4. The van der Waals surface area contributed by atoms with Crippen molar-refractivity contribution < 1.29 is 49.7 Å². The minimum Gasteiger partial charge on any atom is -0.870 e. The van der Waals surface area contributed by atoms with E-state index in [4.69, 9.17) is 0 Å². The second kappa shape index (κ2) is 11.4. The van der Waals surface area contributed by atoms with Crippen LogP contribution >= 0.6 is 0 Å². The average molecular weight is 551 g/mol. The largest absolute Gasteiger partial charge is 1.00 e. The zero-order valence-electron chi connectivity index (χ0n) is 23.3. The first-order valence-electron chi connectivity index (χ1n) is 13.8. The van der Waals surface area contributed by atoms with Crippen molar-refractivity contribution >= 4 is 33.6 Å². The Morgan fingerprint density at radius 2 is 1.23 bits per heavy atom. The minimum absolute atomic E-state index is 0. The Morgan fingerprint density at radius 1 is 0.775 bits per heavy atom. The van der Waals surface area contributed by atoms with Gasteiger partial charge in [0.1, 0.15) is 12.3 Å². The second-order valence-electron chi connectivity index (χ2n) is 11.5. The summed E-state index contributed by atoms with van der Waals surface area (Å²) in [4.78, 5) is 27.8. The number of benzene rings is 2. The summed E-state index contributed by atoms with van der Waals surface area (Å²) in [6.07, 6.45) is 2.39. The Labute approximate surface area is 256 Å². The number of rotatable bonds is 4. The molecule has 2 aromatic heterocycles. The molecule has 0 amide bonds. The molecule has 8 rings (SSSR count). The molecule has 2 aromatic carbocycles. The van der Waals surface area contributed by atoms with Crippen LogP contribution in [0.3, 0.4) is 0 Å². The van der Waals surface area contributed by atoms with Crippen molar-refractivity contribution in [3.8, 4) is 0 Å². The van der Waals surface area contributed by atoms with Gasteiger partial charge < -0.3 is 19.7 Å². The van der Waals surface area contributed by atoms with E-state index < -0.39 is 5.97 Å². The predicted molar refractivity (Wildman–Crippen MR) is 149 cm³/mol. The Kier molecular flexibility index (Phi) is 8.30. The smallest absolute Gasteiger partial charge is 0.870 e. The van der Waals surface area contributed by atoms with E-state index in [1.807, 2.05) is 22.8 Å². The van der Waals surface area contributed by atoms with Crippen molar-refractivity contribution in [2.45, 2.75) is 57.8 Å². The molecule has 6 heterocycles. The van der Waals surface area contributed by atoms with Crippen molar-refractivity contribution in [3.05, 3.63) is 71.0 Å². The summed E-state index contributed by atoms with van der Waals surface area (Å²) < 4.78 is 4.31. The Balaban J connectivity index is 0.000000154. The van der Waals surface area contributed by atoms with E-state index >= 15 is 0 Å². The van der Waals surface area contributed by atoms with Gasteiger partial charge in [-0.15, -0.1) is 0 Å². The van der Waals surface area contributed by atoms with Crippen LogP contribution in [-0.4, -0.2) is 67.4 Å². The van der Waals surface area contributed by atoms with Gasteiger partial charge in [0.15, 0.2) is 0 Å². The van der Waals surface area contributed by atoms with Crippen LogP contribution in [-0.2, 0) is 35.8 Å². The molecule has 0 saturated carbocycles. The summed E-state index contributed by atoms with van der Waals surface area (Å²) in [6.45, 7) is 8.90. The number of carbonyl (C=O) groups excluding carboxylic acids is 1. The van der Waals surface area contributed by atoms with Gasteiger partial charge in [0, 0.05) is 71.2 Å². The number of aliphatic carboxylic acids is 1. The van der Waals surface area contributed by atoms with Crippen molar-refractivity contribution in [3.63, 3.8) is 0 Å². The van der Waals surface area contributed by atoms with Crippen LogP contribution in [0.4, 0.5) is 0 Å². The Hall–Kier alpha value is -2.46. The molecule has 4 unspecified atom stereocenters. The maximum absolute atomic E-state index is 11.6. The minimum atomic E-state index is -0.760. The number of hydrogen-bond donors (Lipinski definition) is 1. The van der Waals surface area contributed by atoms with Crippen LogP contribution in [0.15, 0.2) is 48.5 Å². The number of aromatic nitrogens is 2. The van der Waals surface area contributed by atoms with Crippen LogP contribution in [0.2, 0.25) is 0 Å². The van der Waals surface area contributed by atoms with Crippen LogP contribution in [0.5, 0.6) is 0 Å². The molecule has 2 saturated heterocycles. The third-order valence-corrected chi connectivity index (χ3v) is 9.00. The van der Waals surface area contributed by atoms with Crippen molar-refractivity contribution in [1.82, 2.24) is 18.9 Å². The van der Waals surface area contributed by atoms with E-state index in [0.29, 0.717) is 18.4 Å². The van der Waals surface area contributed by atoms with Crippen LogP contribution in [0.25, 0.3) is 21.8 Å². The number of Topliss-reactive ketones (excluding diaryl/α,β-unsaturated/α-hetero) is 1. The summed E-state index contributed by atoms with van der Waals surface area (Å²) in [5.74, 6) is 0.610. The molecule has 9 heteroatoms. The van der Waals surface area contributed by atoms with Crippen LogP contribution in [0, 0.1) is 0 Å². The number of ketones is 1. The first-order valence-corrected chi connectivity index (χ1v) is 13.8. The quantitative estimate of drug-likeness (QED) is 0.386. The number of para-hydroxylation sites is 2. The average Bonchev–Trinajstić information content (AvgIpc) is 3.64. The van der Waals surface area contributed by atoms with Crippen molar-refractivity contribution in [1.29, 1.82) is 0 Å². The molecule has 2 N–H and O–H groups in total. The number of carboxylic acid groups (broad SMARTS) is 1. The molecule has 4 aromatic rings. The van der Waals surface area contributed by atoms with Gasteiger partial charge in [0.2, 0.25) is 0 Å². The van der Waals surface area contributed by atoms with Gasteiger partial charge >= 0.3 is 35.5 Å². The van der Waals surface area contributed by atoms with Crippen LogP contribution < -0.4 is 29.6 Å². The molecule has 4 atom stereocenters. The number of fused-ring (bicyclic) bond motifs is 12. The number of carboxylic acids is 1. The molecule has 40 heavy (non-hydrogen) atoms. The van der Waals surface area contributed by atoms with Crippen molar-refractivity contribution in [2.75, 3.05) is 26.2 Å². The zero-order valence-corrected chi connectivity index (χ0v) is 25.3. The third kappa shape index (κ3) is 4.85. The van der Waals surface area contributed by atoms with E-state index in [9.17, 15) is 14.7 Å². The summed E-state index contributed by atoms with van der Waals surface area (Å²) in [5.41, 5.74) is 7.83. The molecule has 204 valence electrons. The van der Waals surface area contributed by atoms with E-state index in [0.717, 1.165) is 38.1 Å². The summed E-state index contributed by atoms with van der Waals surface area (Å²) in [6, 6.07) is 16.7. The fourth-order valence-corrected chi connectivity index (χ4v) is 7.60.